The third kappa shape index (κ3) is 2.48. The highest BCUT2D eigenvalue weighted by atomic mass is 32.1. The van der Waals surface area contributed by atoms with E-state index in [1.807, 2.05) is 30.3 Å². The Bertz CT molecular complexity index is 831. The summed E-state index contributed by atoms with van der Waals surface area (Å²) in [5, 5.41) is 0.965. The van der Waals surface area contributed by atoms with Crippen molar-refractivity contribution in [2.75, 3.05) is 6.61 Å². The first-order valence-corrected chi connectivity index (χ1v) is 7.41. The first kappa shape index (κ1) is 13.6. The van der Waals surface area contributed by atoms with E-state index in [1.54, 1.807) is 11.3 Å². The van der Waals surface area contributed by atoms with E-state index in [1.165, 1.54) is 4.88 Å². The van der Waals surface area contributed by atoms with Crippen molar-refractivity contribution >= 4 is 21.6 Å². The Morgan fingerprint density at radius 2 is 1.95 bits per heavy atom. The fourth-order valence-corrected chi connectivity index (χ4v) is 3.16. The third-order valence-corrected chi connectivity index (χ3v) is 4.42. The lowest BCUT2D eigenvalue weighted by Crippen LogP contribution is -2.00. The highest BCUT2D eigenvalue weighted by Gasteiger charge is 2.16. The zero-order valence-electron chi connectivity index (χ0n) is 11.9. The van der Waals surface area contributed by atoms with Gasteiger partial charge >= 0.3 is 0 Å². The quantitative estimate of drug-likeness (QED) is 0.685. The van der Waals surface area contributed by atoms with E-state index >= 15 is 0 Å². The summed E-state index contributed by atoms with van der Waals surface area (Å²) in [6.45, 7) is 4.34. The molecule has 0 fully saturated rings. The van der Waals surface area contributed by atoms with Crippen LogP contribution in [0.4, 0.5) is 0 Å². The number of thiophene rings is 1. The van der Waals surface area contributed by atoms with Crippen molar-refractivity contribution in [2.45, 2.75) is 13.8 Å². The molecule has 3 nitrogen and oxygen atoms in total. The molecule has 0 bridgehead atoms. The molecule has 0 aliphatic heterocycles. The number of hydrogen-bond acceptors (Lipinski definition) is 4. The minimum Gasteiger partial charge on any atom is -0.464 e. The van der Waals surface area contributed by atoms with Gasteiger partial charge in [0, 0.05) is 10.4 Å². The van der Waals surface area contributed by atoms with Gasteiger partial charge in [-0.25, -0.2) is 4.98 Å². The topological polar surface area (TPSA) is 35.0 Å². The Hall–Kier alpha value is -2.38. The van der Waals surface area contributed by atoms with Crippen LogP contribution in [-0.2, 0) is 0 Å². The Morgan fingerprint density at radius 1 is 1.19 bits per heavy atom. The van der Waals surface area contributed by atoms with Gasteiger partial charge in [0.15, 0.2) is 12.4 Å². The fourth-order valence-electron chi connectivity index (χ4n) is 2.14. The molecule has 0 unspecified atom stereocenters. The maximum absolute atomic E-state index is 5.64. The average Bonchev–Trinajstić information content (AvgIpc) is 2.80. The SMILES string of the molecule is C#CCOc1nc(-c2ccccc2)nc2sc(C)c(C)c12. The third-order valence-electron chi connectivity index (χ3n) is 3.32. The summed E-state index contributed by atoms with van der Waals surface area (Å²) in [5.74, 6) is 3.72. The molecule has 3 rings (SSSR count). The molecule has 0 saturated heterocycles. The van der Waals surface area contributed by atoms with Crippen molar-refractivity contribution in [3.05, 3.63) is 40.8 Å². The van der Waals surface area contributed by atoms with E-state index in [-0.39, 0.29) is 6.61 Å². The molecule has 3 aromatic rings. The molecule has 0 saturated carbocycles. The van der Waals surface area contributed by atoms with Gasteiger partial charge in [-0.05, 0) is 19.4 Å². The standard InChI is InChI=1S/C17H14N2OS/c1-4-10-20-16-14-11(2)12(3)21-17(14)19-15(18-16)13-8-6-5-7-9-13/h1,5-9H,10H2,2-3H3. The van der Waals surface area contributed by atoms with Gasteiger partial charge < -0.3 is 4.74 Å². The van der Waals surface area contributed by atoms with E-state index < -0.39 is 0 Å². The Kier molecular flexibility index (Phi) is 3.59. The van der Waals surface area contributed by atoms with Gasteiger partial charge in [0.1, 0.15) is 4.83 Å². The van der Waals surface area contributed by atoms with Crippen LogP contribution >= 0.6 is 11.3 Å². The van der Waals surface area contributed by atoms with Gasteiger partial charge in [-0.1, -0.05) is 36.3 Å². The van der Waals surface area contributed by atoms with E-state index in [4.69, 9.17) is 11.2 Å². The molecule has 0 spiro atoms. The van der Waals surface area contributed by atoms with Crippen molar-refractivity contribution < 1.29 is 4.74 Å². The van der Waals surface area contributed by atoms with Crippen LogP contribution in [0.1, 0.15) is 10.4 Å². The fraction of sp³-hybridized carbons (Fsp3) is 0.176. The summed E-state index contributed by atoms with van der Waals surface area (Å²) in [5.41, 5.74) is 2.12. The molecule has 0 aliphatic carbocycles. The average molecular weight is 294 g/mol. The zero-order chi connectivity index (χ0) is 14.8. The Balaban J connectivity index is 2.23. The molecule has 104 valence electrons. The van der Waals surface area contributed by atoms with Crippen molar-refractivity contribution in [1.29, 1.82) is 0 Å². The highest BCUT2D eigenvalue weighted by Crippen LogP contribution is 2.36. The minimum absolute atomic E-state index is 0.203. The van der Waals surface area contributed by atoms with Crippen LogP contribution in [0.2, 0.25) is 0 Å². The number of fused-ring (bicyclic) bond motifs is 1. The van der Waals surface area contributed by atoms with Crippen LogP contribution in [0.3, 0.4) is 0 Å². The number of ether oxygens (including phenoxy) is 1. The monoisotopic (exact) mass is 294 g/mol. The number of aromatic nitrogens is 2. The van der Waals surface area contributed by atoms with Crippen LogP contribution in [-0.4, -0.2) is 16.6 Å². The van der Waals surface area contributed by atoms with E-state index in [9.17, 15) is 0 Å². The summed E-state index contributed by atoms with van der Waals surface area (Å²) >= 11 is 1.65. The largest absolute Gasteiger partial charge is 0.464 e. The minimum atomic E-state index is 0.203. The van der Waals surface area contributed by atoms with Gasteiger partial charge in [-0.2, -0.15) is 4.98 Å². The number of rotatable bonds is 3. The van der Waals surface area contributed by atoms with E-state index in [0.717, 1.165) is 21.3 Å². The number of benzene rings is 1. The molecule has 4 heteroatoms. The second kappa shape index (κ2) is 5.55. The molecule has 2 heterocycles. The molecular formula is C17H14N2OS. The van der Waals surface area contributed by atoms with Crippen LogP contribution in [0.25, 0.3) is 21.6 Å². The number of terminal acetylenes is 1. The lowest BCUT2D eigenvalue weighted by atomic mass is 10.2. The maximum atomic E-state index is 5.64. The normalized spacial score (nSPS) is 10.5. The highest BCUT2D eigenvalue weighted by molar-refractivity contribution is 7.18. The van der Waals surface area contributed by atoms with Crippen molar-refractivity contribution in [3.63, 3.8) is 0 Å². The summed E-state index contributed by atoms with van der Waals surface area (Å²) in [4.78, 5) is 11.4. The van der Waals surface area contributed by atoms with Gasteiger partial charge in [-0.3, -0.25) is 0 Å². The first-order chi connectivity index (χ1) is 10.2. The molecule has 0 radical (unpaired) electrons. The predicted molar refractivity (Wildman–Crippen MR) is 86.7 cm³/mol. The zero-order valence-corrected chi connectivity index (χ0v) is 12.7. The maximum Gasteiger partial charge on any atom is 0.227 e. The predicted octanol–water partition coefficient (Wildman–Crippen LogP) is 3.99. The van der Waals surface area contributed by atoms with E-state index in [0.29, 0.717) is 11.7 Å². The van der Waals surface area contributed by atoms with Gasteiger partial charge in [0.05, 0.1) is 5.39 Å². The molecule has 0 aliphatic rings. The van der Waals surface area contributed by atoms with Gasteiger partial charge in [0.25, 0.3) is 0 Å². The second-order valence-corrected chi connectivity index (χ2v) is 5.88. The molecule has 0 atom stereocenters. The summed E-state index contributed by atoms with van der Waals surface area (Å²) in [6, 6.07) is 9.88. The summed E-state index contributed by atoms with van der Waals surface area (Å²) in [6.07, 6.45) is 5.30. The Labute approximate surface area is 127 Å². The van der Waals surface area contributed by atoms with Crippen LogP contribution < -0.4 is 4.74 Å². The van der Waals surface area contributed by atoms with Crippen molar-refractivity contribution in [2.24, 2.45) is 0 Å². The first-order valence-electron chi connectivity index (χ1n) is 6.60. The molecule has 0 amide bonds. The van der Waals surface area contributed by atoms with Crippen molar-refractivity contribution in [1.82, 2.24) is 9.97 Å². The molecule has 1 aromatic carbocycles. The van der Waals surface area contributed by atoms with Crippen LogP contribution in [0.15, 0.2) is 30.3 Å². The molecular weight excluding hydrogens is 280 g/mol. The Morgan fingerprint density at radius 3 is 2.67 bits per heavy atom. The second-order valence-electron chi connectivity index (χ2n) is 4.67. The lowest BCUT2D eigenvalue weighted by Gasteiger charge is -2.07. The smallest absolute Gasteiger partial charge is 0.227 e. The number of nitrogens with zero attached hydrogens (tertiary/aromatic N) is 2. The lowest BCUT2D eigenvalue weighted by molar-refractivity contribution is 0.360. The van der Waals surface area contributed by atoms with E-state index in [2.05, 4.69) is 29.7 Å². The van der Waals surface area contributed by atoms with Crippen LogP contribution in [0, 0.1) is 26.2 Å². The summed E-state index contributed by atoms with van der Waals surface area (Å²) in [7, 11) is 0. The summed E-state index contributed by atoms with van der Waals surface area (Å²) < 4.78 is 5.64. The van der Waals surface area contributed by atoms with Gasteiger partial charge in [-0.15, -0.1) is 17.8 Å². The van der Waals surface area contributed by atoms with Gasteiger partial charge in [0.2, 0.25) is 5.88 Å². The molecule has 0 N–H and O–H groups in total. The molecule has 21 heavy (non-hydrogen) atoms. The molecule has 2 aromatic heterocycles. The van der Waals surface area contributed by atoms with Crippen molar-refractivity contribution in [3.8, 4) is 29.6 Å². The number of aryl methyl sites for hydroxylation is 2. The van der Waals surface area contributed by atoms with Crippen LogP contribution in [0.5, 0.6) is 5.88 Å². The number of hydrogen-bond donors (Lipinski definition) is 0.